The van der Waals surface area contributed by atoms with Gasteiger partial charge in [-0.25, -0.2) is 3.93 Å². The predicted octanol–water partition coefficient (Wildman–Crippen LogP) is 3.85. The quantitative estimate of drug-likeness (QED) is 0.707. The van der Waals surface area contributed by atoms with Gasteiger partial charge in [-0.15, -0.1) is 0 Å². The molecule has 1 fully saturated rings. The number of nitrogens with zero attached hydrogens (tertiary/aromatic N) is 2. The summed E-state index contributed by atoms with van der Waals surface area (Å²) < 4.78 is 3.39. The van der Waals surface area contributed by atoms with Gasteiger partial charge in [0.15, 0.2) is 0 Å². The monoisotopic (exact) mass is 342 g/mol. The molecule has 2 aliphatic heterocycles. The van der Waals surface area contributed by atoms with Crippen molar-refractivity contribution in [3.63, 3.8) is 0 Å². The average Bonchev–Trinajstić information content (AvgIpc) is 2.82. The number of halogens is 2. The first-order chi connectivity index (χ1) is 7.74. The second-order valence-electron chi connectivity index (χ2n) is 4.33. The molecule has 3 rings (SSSR count). The molecular formula is C12H12Br2N2. The third kappa shape index (κ3) is 1.87. The predicted molar refractivity (Wildman–Crippen MR) is 73.6 cm³/mol. The van der Waals surface area contributed by atoms with Gasteiger partial charge in [0, 0.05) is 39.3 Å². The lowest BCUT2D eigenvalue weighted by Crippen LogP contribution is -2.28. The third-order valence-corrected chi connectivity index (χ3v) is 4.59. The molecule has 0 radical (unpaired) electrons. The van der Waals surface area contributed by atoms with Crippen molar-refractivity contribution < 1.29 is 0 Å². The van der Waals surface area contributed by atoms with Gasteiger partial charge in [0.2, 0.25) is 0 Å². The number of fused-ring (bicyclic) bond motifs is 1. The van der Waals surface area contributed by atoms with Crippen molar-refractivity contribution in [3.8, 4) is 0 Å². The highest BCUT2D eigenvalue weighted by molar-refractivity contribution is 9.10. The van der Waals surface area contributed by atoms with Crippen LogP contribution < -0.4 is 0 Å². The molecular weight excluding hydrogens is 332 g/mol. The molecule has 1 aromatic rings. The van der Waals surface area contributed by atoms with E-state index in [0.717, 1.165) is 23.1 Å². The van der Waals surface area contributed by atoms with Crippen LogP contribution in [0.25, 0.3) is 0 Å². The summed E-state index contributed by atoms with van der Waals surface area (Å²) in [5.74, 6) is 0. The zero-order valence-electron chi connectivity index (χ0n) is 8.79. The normalized spacial score (nSPS) is 24.6. The molecule has 0 unspecified atom stereocenters. The molecule has 0 saturated carbocycles. The lowest BCUT2D eigenvalue weighted by molar-refractivity contribution is 0.543. The van der Waals surface area contributed by atoms with Gasteiger partial charge in [-0.3, -0.25) is 4.99 Å². The first-order valence-corrected chi connectivity index (χ1v) is 7.02. The number of benzene rings is 1. The lowest BCUT2D eigenvalue weighted by Gasteiger charge is -2.16. The molecule has 84 valence electrons. The second kappa shape index (κ2) is 4.24. The minimum absolute atomic E-state index is 0.492. The molecule has 1 saturated heterocycles. The van der Waals surface area contributed by atoms with E-state index >= 15 is 0 Å². The molecule has 1 atom stereocenters. The molecule has 0 spiro atoms. The number of rotatable bonds is 1. The van der Waals surface area contributed by atoms with Crippen molar-refractivity contribution in [2.75, 3.05) is 6.54 Å². The third-order valence-electron chi connectivity index (χ3n) is 3.25. The smallest absolute Gasteiger partial charge is 0.0666 e. The van der Waals surface area contributed by atoms with Crippen molar-refractivity contribution in [1.29, 1.82) is 0 Å². The Morgan fingerprint density at radius 1 is 1.38 bits per heavy atom. The largest absolute Gasteiger partial charge is 0.255 e. The van der Waals surface area contributed by atoms with Crippen LogP contribution in [0.1, 0.15) is 18.4 Å². The van der Waals surface area contributed by atoms with Crippen molar-refractivity contribution in [3.05, 3.63) is 28.2 Å². The Kier molecular flexibility index (Phi) is 2.90. The van der Waals surface area contributed by atoms with Gasteiger partial charge in [0.1, 0.15) is 0 Å². The van der Waals surface area contributed by atoms with E-state index in [4.69, 9.17) is 4.99 Å². The van der Waals surface area contributed by atoms with Gasteiger partial charge in [-0.1, -0.05) is 15.9 Å². The van der Waals surface area contributed by atoms with Gasteiger partial charge >= 0.3 is 0 Å². The SMILES string of the molecule is Brc1ccc2c(c1)CC([C@@H]1CCCN1Br)=N2. The van der Waals surface area contributed by atoms with E-state index in [9.17, 15) is 0 Å². The number of aliphatic imine (C=N–C) groups is 1. The molecule has 0 aromatic heterocycles. The van der Waals surface area contributed by atoms with Crippen LogP contribution >= 0.6 is 32.1 Å². The highest BCUT2D eigenvalue weighted by atomic mass is 79.9. The van der Waals surface area contributed by atoms with Crippen molar-refractivity contribution in [2.45, 2.75) is 25.3 Å². The zero-order chi connectivity index (χ0) is 11.1. The van der Waals surface area contributed by atoms with Gasteiger partial charge in [0.05, 0.1) is 11.7 Å². The van der Waals surface area contributed by atoms with Crippen LogP contribution in [0, 0.1) is 0 Å². The van der Waals surface area contributed by atoms with Crippen molar-refractivity contribution in [2.24, 2.45) is 4.99 Å². The summed E-state index contributed by atoms with van der Waals surface area (Å²) in [7, 11) is 0. The summed E-state index contributed by atoms with van der Waals surface area (Å²) in [6.45, 7) is 1.13. The summed E-state index contributed by atoms with van der Waals surface area (Å²) in [5.41, 5.74) is 3.80. The van der Waals surface area contributed by atoms with Crippen LogP contribution in [0.5, 0.6) is 0 Å². The van der Waals surface area contributed by atoms with Crippen LogP contribution in [0.15, 0.2) is 27.7 Å². The highest BCUT2D eigenvalue weighted by Gasteiger charge is 2.30. The van der Waals surface area contributed by atoms with E-state index in [1.165, 1.54) is 24.1 Å². The van der Waals surface area contributed by atoms with Crippen molar-refractivity contribution >= 4 is 43.5 Å². The van der Waals surface area contributed by atoms with E-state index < -0.39 is 0 Å². The summed E-state index contributed by atoms with van der Waals surface area (Å²) in [6.07, 6.45) is 3.48. The molecule has 0 amide bonds. The number of hydrogen-bond acceptors (Lipinski definition) is 2. The Balaban J connectivity index is 1.88. The Morgan fingerprint density at radius 2 is 2.25 bits per heavy atom. The zero-order valence-corrected chi connectivity index (χ0v) is 12.0. The maximum absolute atomic E-state index is 4.75. The summed E-state index contributed by atoms with van der Waals surface area (Å²) in [6, 6.07) is 6.83. The summed E-state index contributed by atoms with van der Waals surface area (Å²) >= 11 is 7.13. The van der Waals surface area contributed by atoms with Gasteiger partial charge in [-0.05, 0) is 36.6 Å². The molecule has 0 N–H and O–H groups in total. The van der Waals surface area contributed by atoms with Crippen LogP contribution in [0.4, 0.5) is 5.69 Å². The molecule has 1 aromatic carbocycles. The minimum atomic E-state index is 0.492. The van der Waals surface area contributed by atoms with Crippen LogP contribution in [0.3, 0.4) is 0 Å². The van der Waals surface area contributed by atoms with Crippen molar-refractivity contribution in [1.82, 2.24) is 3.93 Å². The molecule has 0 bridgehead atoms. The van der Waals surface area contributed by atoms with E-state index in [0.29, 0.717) is 6.04 Å². The Bertz CT molecular complexity index is 456. The molecule has 2 heterocycles. The lowest BCUT2D eigenvalue weighted by atomic mass is 10.0. The minimum Gasteiger partial charge on any atom is -0.255 e. The fourth-order valence-electron chi connectivity index (χ4n) is 2.45. The molecule has 2 aliphatic rings. The molecule has 2 nitrogen and oxygen atoms in total. The first-order valence-electron chi connectivity index (χ1n) is 5.52. The fraction of sp³-hybridized carbons (Fsp3) is 0.417. The summed E-state index contributed by atoms with van der Waals surface area (Å²) in [5, 5.41) is 0. The van der Waals surface area contributed by atoms with Gasteiger partial charge in [0.25, 0.3) is 0 Å². The van der Waals surface area contributed by atoms with Crippen LogP contribution in [0.2, 0.25) is 0 Å². The van der Waals surface area contributed by atoms with Gasteiger partial charge in [-0.2, -0.15) is 0 Å². The van der Waals surface area contributed by atoms with E-state index in [-0.39, 0.29) is 0 Å². The molecule has 4 heteroatoms. The van der Waals surface area contributed by atoms with Crippen LogP contribution in [-0.4, -0.2) is 22.2 Å². The van der Waals surface area contributed by atoms with E-state index in [1.54, 1.807) is 0 Å². The topological polar surface area (TPSA) is 15.6 Å². The first kappa shape index (κ1) is 10.9. The standard InChI is InChI=1S/C12H12Br2N2/c13-9-3-4-10-8(6-9)7-11(15-10)12-2-1-5-16(12)14/h3-4,6,12H,1-2,5,7H2/t12-/m0/s1. The Labute approximate surface area is 112 Å². The highest BCUT2D eigenvalue weighted by Crippen LogP contribution is 2.33. The van der Waals surface area contributed by atoms with E-state index in [2.05, 4.69) is 54.2 Å². The Hall–Kier alpha value is -0.190. The fourth-order valence-corrected chi connectivity index (χ4v) is 3.55. The Morgan fingerprint density at radius 3 is 3.00 bits per heavy atom. The second-order valence-corrected chi connectivity index (χ2v) is 6.16. The molecule has 16 heavy (non-hydrogen) atoms. The van der Waals surface area contributed by atoms with Crippen LogP contribution in [-0.2, 0) is 6.42 Å². The maximum Gasteiger partial charge on any atom is 0.0666 e. The van der Waals surface area contributed by atoms with E-state index in [1.807, 2.05) is 0 Å². The average molecular weight is 344 g/mol. The number of hydrogen-bond donors (Lipinski definition) is 0. The summed E-state index contributed by atoms with van der Waals surface area (Å²) in [4.78, 5) is 4.75. The maximum atomic E-state index is 4.75. The molecule has 0 aliphatic carbocycles. The van der Waals surface area contributed by atoms with Gasteiger partial charge < -0.3 is 0 Å².